The van der Waals surface area contributed by atoms with E-state index in [2.05, 4.69) is 20.1 Å². The number of amides is 1. The van der Waals surface area contributed by atoms with Gasteiger partial charge in [-0.05, 0) is 30.0 Å². The summed E-state index contributed by atoms with van der Waals surface area (Å²) in [5.41, 5.74) is 0.986. The molecule has 0 saturated carbocycles. The second kappa shape index (κ2) is 6.63. The summed E-state index contributed by atoms with van der Waals surface area (Å²) in [4.78, 5) is 16.4. The predicted octanol–water partition coefficient (Wildman–Crippen LogP) is 3.85. The van der Waals surface area contributed by atoms with Crippen LogP contribution in [-0.2, 0) is 7.05 Å². The van der Waals surface area contributed by atoms with Crippen LogP contribution in [0, 0.1) is 0 Å². The molecular weight excluding hydrogens is 357 g/mol. The number of alkyl halides is 3. The molecule has 1 amide bonds. The molecule has 0 bridgehead atoms. The summed E-state index contributed by atoms with van der Waals surface area (Å²) in [6, 6.07) is 5.20. The highest BCUT2D eigenvalue weighted by Gasteiger charge is 2.31. The summed E-state index contributed by atoms with van der Waals surface area (Å²) in [6.45, 7) is 0. The number of ether oxygens (including phenoxy) is 1. The van der Waals surface area contributed by atoms with Crippen molar-refractivity contribution >= 4 is 34.6 Å². The molecule has 0 radical (unpaired) electrons. The molecule has 0 unspecified atom stereocenters. The van der Waals surface area contributed by atoms with Gasteiger partial charge in [0.15, 0.2) is 0 Å². The fourth-order valence-electron chi connectivity index (χ4n) is 2.06. The molecule has 1 aromatic heterocycles. The van der Waals surface area contributed by atoms with E-state index >= 15 is 0 Å². The van der Waals surface area contributed by atoms with Crippen molar-refractivity contribution in [3.05, 3.63) is 47.1 Å². The first-order chi connectivity index (χ1) is 11.8. The van der Waals surface area contributed by atoms with Gasteiger partial charge in [-0.25, -0.2) is 4.99 Å². The van der Waals surface area contributed by atoms with Crippen LogP contribution >= 0.6 is 11.8 Å². The Balaban J connectivity index is 1.89. The van der Waals surface area contributed by atoms with Gasteiger partial charge in [0.05, 0.1) is 16.8 Å². The molecule has 0 spiro atoms. The Morgan fingerprint density at radius 1 is 1.40 bits per heavy atom. The minimum atomic E-state index is -4.78. The molecular formula is C15H11F3N4O2S. The van der Waals surface area contributed by atoms with Crippen LogP contribution < -0.4 is 10.1 Å². The van der Waals surface area contributed by atoms with Crippen LogP contribution in [0.4, 0.5) is 23.7 Å². The third-order valence-electron chi connectivity index (χ3n) is 2.97. The lowest BCUT2D eigenvalue weighted by Gasteiger charge is -2.09. The monoisotopic (exact) mass is 368 g/mol. The Hall–Kier alpha value is -2.75. The van der Waals surface area contributed by atoms with E-state index in [0.29, 0.717) is 4.91 Å². The molecule has 6 nitrogen and oxygen atoms in total. The number of hydrogen-bond donors (Lipinski definition) is 1. The van der Waals surface area contributed by atoms with E-state index in [1.54, 1.807) is 30.2 Å². The van der Waals surface area contributed by atoms with E-state index < -0.39 is 6.36 Å². The molecule has 1 aromatic carbocycles. The Labute approximate surface area is 144 Å². The highest BCUT2D eigenvalue weighted by atomic mass is 32.2. The zero-order valence-corrected chi connectivity index (χ0v) is 13.6. The van der Waals surface area contributed by atoms with Crippen molar-refractivity contribution in [2.24, 2.45) is 12.0 Å². The number of halogens is 3. The first-order valence-electron chi connectivity index (χ1n) is 6.92. The molecule has 1 N–H and O–H groups in total. The molecule has 2 heterocycles. The van der Waals surface area contributed by atoms with Crippen molar-refractivity contribution < 1.29 is 22.7 Å². The molecule has 3 rings (SSSR count). The lowest BCUT2D eigenvalue weighted by molar-refractivity contribution is -0.274. The second-order valence-corrected chi connectivity index (χ2v) is 5.99. The summed E-state index contributed by atoms with van der Waals surface area (Å²) in [5.74, 6) is -0.132. The Morgan fingerprint density at radius 3 is 2.88 bits per heavy atom. The average molecular weight is 368 g/mol. The Kier molecular flexibility index (Phi) is 4.53. The first kappa shape index (κ1) is 17.1. The Bertz CT molecular complexity index is 874. The van der Waals surface area contributed by atoms with Gasteiger partial charge < -0.3 is 10.1 Å². The fraction of sp³-hybridized carbons (Fsp3) is 0.133. The number of carbonyl (C=O) groups excluding carboxylic acids is 1. The van der Waals surface area contributed by atoms with E-state index in [4.69, 9.17) is 0 Å². The smallest absolute Gasteiger partial charge is 0.406 e. The summed E-state index contributed by atoms with van der Waals surface area (Å²) >= 11 is 0.943. The number of hydrogen-bond acceptors (Lipinski definition) is 5. The second-order valence-electron chi connectivity index (χ2n) is 4.98. The van der Waals surface area contributed by atoms with Crippen molar-refractivity contribution in [3.8, 4) is 5.75 Å². The minimum absolute atomic E-state index is 0.219. The highest BCUT2D eigenvalue weighted by molar-refractivity contribution is 8.18. The number of aryl methyl sites for hydroxylation is 1. The van der Waals surface area contributed by atoms with Gasteiger partial charge in [0.2, 0.25) is 0 Å². The minimum Gasteiger partial charge on any atom is -0.406 e. The van der Waals surface area contributed by atoms with E-state index in [-0.39, 0.29) is 22.5 Å². The molecule has 0 atom stereocenters. The zero-order chi connectivity index (χ0) is 18.0. The van der Waals surface area contributed by atoms with Crippen LogP contribution in [0.3, 0.4) is 0 Å². The molecule has 10 heteroatoms. The number of carbonyl (C=O) groups is 1. The highest BCUT2D eigenvalue weighted by Crippen LogP contribution is 2.30. The first-order valence-corrected chi connectivity index (χ1v) is 7.74. The van der Waals surface area contributed by atoms with Crippen LogP contribution in [0.15, 0.2) is 46.6 Å². The maximum atomic E-state index is 12.3. The van der Waals surface area contributed by atoms with Gasteiger partial charge in [-0.15, -0.1) is 13.2 Å². The SMILES string of the molecule is Cn1cc(/C=C2\SC(=O)NC2=Nc2cccc(OC(F)(F)F)c2)cn1. The molecule has 1 aliphatic heterocycles. The van der Waals surface area contributed by atoms with E-state index in [1.165, 1.54) is 18.2 Å². The average Bonchev–Trinajstić information content (AvgIpc) is 3.04. The quantitative estimate of drug-likeness (QED) is 0.894. The van der Waals surface area contributed by atoms with Gasteiger partial charge >= 0.3 is 6.36 Å². The molecule has 1 aliphatic rings. The number of aromatic nitrogens is 2. The van der Waals surface area contributed by atoms with E-state index in [1.807, 2.05) is 0 Å². The van der Waals surface area contributed by atoms with E-state index in [0.717, 1.165) is 23.4 Å². The molecule has 2 aromatic rings. The van der Waals surface area contributed by atoms with Crippen molar-refractivity contribution in [2.45, 2.75) is 6.36 Å². The van der Waals surface area contributed by atoms with Crippen molar-refractivity contribution in [3.63, 3.8) is 0 Å². The number of rotatable bonds is 3. The number of thioether (sulfide) groups is 1. The van der Waals surface area contributed by atoms with Crippen LogP contribution in [0.25, 0.3) is 6.08 Å². The largest absolute Gasteiger partial charge is 0.573 e. The van der Waals surface area contributed by atoms with Crippen LogP contribution in [-0.4, -0.2) is 27.2 Å². The zero-order valence-electron chi connectivity index (χ0n) is 12.7. The number of benzene rings is 1. The maximum absolute atomic E-state index is 12.3. The van der Waals surface area contributed by atoms with Gasteiger partial charge in [0.1, 0.15) is 11.6 Å². The van der Waals surface area contributed by atoms with Gasteiger partial charge in [-0.3, -0.25) is 9.48 Å². The number of aliphatic imine (C=N–C) groups is 1. The van der Waals surface area contributed by atoms with Crippen LogP contribution in [0.5, 0.6) is 5.75 Å². The molecule has 1 saturated heterocycles. The fourth-order valence-corrected chi connectivity index (χ4v) is 2.79. The summed E-state index contributed by atoms with van der Waals surface area (Å²) in [6.07, 6.45) is 0.302. The van der Waals surface area contributed by atoms with Crippen molar-refractivity contribution in [2.75, 3.05) is 0 Å². The summed E-state index contributed by atoms with van der Waals surface area (Å²) < 4.78 is 42.4. The van der Waals surface area contributed by atoms with Crippen LogP contribution in [0.2, 0.25) is 0 Å². The van der Waals surface area contributed by atoms with Gasteiger partial charge in [0, 0.05) is 24.9 Å². The lowest BCUT2D eigenvalue weighted by atomic mass is 10.3. The van der Waals surface area contributed by atoms with Gasteiger partial charge in [-0.2, -0.15) is 5.10 Å². The van der Waals surface area contributed by atoms with E-state index in [9.17, 15) is 18.0 Å². The molecule has 130 valence electrons. The standard InChI is InChI=1S/C15H11F3N4O2S/c1-22-8-9(7-19-22)5-12-13(21-14(23)25-12)20-10-3-2-4-11(6-10)24-15(16,17)18/h2-8H,1H3,(H,20,21,23)/b12-5-. The third-order valence-corrected chi connectivity index (χ3v) is 3.79. The van der Waals surface area contributed by atoms with Gasteiger partial charge in [0.25, 0.3) is 5.24 Å². The topological polar surface area (TPSA) is 68.5 Å². The number of nitrogens with one attached hydrogen (secondary N) is 1. The van der Waals surface area contributed by atoms with Gasteiger partial charge in [-0.1, -0.05) is 6.07 Å². The van der Waals surface area contributed by atoms with Crippen molar-refractivity contribution in [1.82, 2.24) is 15.1 Å². The lowest BCUT2D eigenvalue weighted by Crippen LogP contribution is -2.18. The maximum Gasteiger partial charge on any atom is 0.573 e. The molecule has 25 heavy (non-hydrogen) atoms. The molecule has 1 fully saturated rings. The number of amidine groups is 1. The van der Waals surface area contributed by atoms with Crippen LogP contribution in [0.1, 0.15) is 5.56 Å². The normalized spacial score (nSPS) is 18.0. The summed E-state index contributed by atoms with van der Waals surface area (Å²) in [7, 11) is 1.76. The number of nitrogens with zero attached hydrogens (tertiary/aromatic N) is 3. The van der Waals surface area contributed by atoms with Crippen molar-refractivity contribution in [1.29, 1.82) is 0 Å². The third kappa shape index (κ3) is 4.63. The summed E-state index contributed by atoms with van der Waals surface area (Å²) in [5, 5.41) is 6.27. The Morgan fingerprint density at radius 2 is 2.20 bits per heavy atom. The predicted molar refractivity (Wildman–Crippen MR) is 87.5 cm³/mol. The molecule has 0 aliphatic carbocycles.